The van der Waals surface area contributed by atoms with E-state index in [1.165, 1.54) is 0 Å². The molecule has 10 heteroatoms. The van der Waals surface area contributed by atoms with Crippen molar-refractivity contribution >= 4 is 22.8 Å². The first-order valence-electron chi connectivity index (χ1n) is 7.18. The Bertz CT molecular complexity index is 856. The van der Waals surface area contributed by atoms with Crippen LogP contribution < -0.4 is 4.90 Å². The largest absolute Gasteiger partial charge is 0.453 e. The number of anilines is 1. The van der Waals surface area contributed by atoms with Crippen molar-refractivity contribution in [1.29, 1.82) is 0 Å². The standard InChI is InChI=1S/C14H15F3N6S/c1-8-9(2)12(22(3)6-4-10-18-5-7-24-10)21-23-11(8)19-20-13(23)14(15,16)17/h5,7H,4,6H2,1-3H3. The molecule has 0 saturated heterocycles. The van der Waals surface area contributed by atoms with Gasteiger partial charge in [-0.1, -0.05) is 0 Å². The van der Waals surface area contributed by atoms with Crippen LogP contribution in [-0.4, -0.2) is 38.4 Å². The van der Waals surface area contributed by atoms with Gasteiger partial charge < -0.3 is 4.90 Å². The predicted molar refractivity (Wildman–Crippen MR) is 84.3 cm³/mol. The second kappa shape index (κ2) is 6.00. The number of fused-ring (bicyclic) bond motifs is 1. The van der Waals surface area contributed by atoms with Crippen LogP contribution in [0.5, 0.6) is 0 Å². The molecule has 3 aromatic heterocycles. The minimum atomic E-state index is -4.61. The maximum absolute atomic E-state index is 13.1. The Balaban J connectivity index is 1.99. The van der Waals surface area contributed by atoms with Gasteiger partial charge >= 0.3 is 6.18 Å². The van der Waals surface area contributed by atoms with Crippen molar-refractivity contribution < 1.29 is 13.2 Å². The molecule has 3 aromatic rings. The quantitative estimate of drug-likeness (QED) is 0.719. The lowest BCUT2D eigenvalue weighted by molar-refractivity contribution is -0.146. The minimum Gasteiger partial charge on any atom is -0.358 e. The molecule has 0 unspecified atom stereocenters. The molecule has 6 nitrogen and oxygen atoms in total. The molecule has 3 heterocycles. The zero-order valence-electron chi connectivity index (χ0n) is 13.3. The highest BCUT2D eigenvalue weighted by Crippen LogP contribution is 2.30. The van der Waals surface area contributed by atoms with E-state index >= 15 is 0 Å². The zero-order valence-corrected chi connectivity index (χ0v) is 14.1. The highest BCUT2D eigenvalue weighted by atomic mass is 32.1. The molecule has 0 radical (unpaired) electrons. The van der Waals surface area contributed by atoms with Gasteiger partial charge in [0.1, 0.15) is 0 Å². The van der Waals surface area contributed by atoms with E-state index in [1.54, 1.807) is 31.5 Å². The fourth-order valence-corrected chi connectivity index (χ4v) is 3.01. The second-order valence-electron chi connectivity index (χ2n) is 5.43. The maximum Gasteiger partial charge on any atom is 0.453 e. The molecule has 0 saturated carbocycles. The summed E-state index contributed by atoms with van der Waals surface area (Å²) >= 11 is 1.55. The lowest BCUT2D eigenvalue weighted by atomic mass is 10.2. The summed E-state index contributed by atoms with van der Waals surface area (Å²) in [5.41, 5.74) is 1.53. The Morgan fingerprint density at radius 1 is 1.21 bits per heavy atom. The van der Waals surface area contributed by atoms with Gasteiger partial charge in [-0.25, -0.2) is 4.98 Å². The van der Waals surface area contributed by atoms with Crippen LogP contribution in [0.1, 0.15) is 22.0 Å². The van der Waals surface area contributed by atoms with Crippen LogP contribution in [0.3, 0.4) is 0 Å². The molecule has 0 atom stereocenters. The van der Waals surface area contributed by atoms with Gasteiger partial charge in [-0.05, 0) is 13.8 Å². The number of hydrogen-bond acceptors (Lipinski definition) is 6. The Labute approximate surface area is 140 Å². The predicted octanol–water partition coefficient (Wildman–Crippen LogP) is 2.90. The molecule has 0 spiro atoms. The summed E-state index contributed by atoms with van der Waals surface area (Å²) < 4.78 is 40.0. The lowest BCUT2D eigenvalue weighted by Gasteiger charge is -2.21. The number of hydrogen-bond donors (Lipinski definition) is 0. The highest BCUT2D eigenvalue weighted by Gasteiger charge is 2.38. The van der Waals surface area contributed by atoms with Crippen LogP contribution in [0.4, 0.5) is 19.0 Å². The summed E-state index contributed by atoms with van der Waals surface area (Å²) in [5, 5.41) is 13.9. The average Bonchev–Trinajstić information content (AvgIpc) is 3.16. The van der Waals surface area contributed by atoms with Gasteiger partial charge in [0.25, 0.3) is 5.82 Å². The van der Waals surface area contributed by atoms with Crippen LogP contribution in [0.2, 0.25) is 0 Å². The fraction of sp³-hybridized carbons (Fsp3) is 0.429. The molecule has 128 valence electrons. The zero-order chi connectivity index (χ0) is 17.5. The fourth-order valence-electron chi connectivity index (χ4n) is 2.40. The van der Waals surface area contributed by atoms with Gasteiger partial charge in [0.05, 0.1) is 5.01 Å². The van der Waals surface area contributed by atoms with Crippen LogP contribution in [0.25, 0.3) is 5.65 Å². The number of likely N-dealkylation sites (N-methyl/N-ethyl adjacent to an activating group) is 1. The Morgan fingerprint density at radius 2 is 1.96 bits per heavy atom. The third-order valence-corrected chi connectivity index (χ3v) is 4.67. The number of aryl methyl sites for hydroxylation is 1. The first-order valence-corrected chi connectivity index (χ1v) is 8.06. The topological polar surface area (TPSA) is 59.2 Å². The van der Waals surface area contributed by atoms with Crippen molar-refractivity contribution in [2.75, 3.05) is 18.5 Å². The Hall–Kier alpha value is -2.23. The van der Waals surface area contributed by atoms with E-state index in [0.29, 0.717) is 24.3 Å². The van der Waals surface area contributed by atoms with Gasteiger partial charge in [0.15, 0.2) is 11.5 Å². The molecule has 0 aliphatic carbocycles. The van der Waals surface area contributed by atoms with Crippen LogP contribution in [0, 0.1) is 13.8 Å². The number of nitrogens with zero attached hydrogens (tertiary/aromatic N) is 6. The molecule has 0 N–H and O–H groups in total. The number of halogens is 3. The van der Waals surface area contributed by atoms with Gasteiger partial charge in [-0.3, -0.25) is 0 Å². The van der Waals surface area contributed by atoms with Crippen LogP contribution in [0.15, 0.2) is 11.6 Å². The van der Waals surface area contributed by atoms with Gasteiger partial charge in [-0.15, -0.1) is 26.6 Å². The van der Waals surface area contributed by atoms with Crippen molar-refractivity contribution in [2.24, 2.45) is 0 Å². The molecule has 0 bridgehead atoms. The number of thiazole rings is 1. The SMILES string of the molecule is Cc1c(N(C)CCc2nccs2)nn2c(C(F)(F)F)nnc2c1C. The van der Waals surface area contributed by atoms with E-state index in [2.05, 4.69) is 20.3 Å². The van der Waals surface area contributed by atoms with E-state index in [4.69, 9.17) is 0 Å². The van der Waals surface area contributed by atoms with Crippen molar-refractivity contribution in [3.8, 4) is 0 Å². The molecule has 24 heavy (non-hydrogen) atoms. The average molecular weight is 356 g/mol. The normalized spacial score (nSPS) is 12.1. The molecule has 0 aliphatic heterocycles. The summed E-state index contributed by atoms with van der Waals surface area (Å²) in [6.45, 7) is 4.13. The summed E-state index contributed by atoms with van der Waals surface area (Å²) in [5.74, 6) is -0.642. The van der Waals surface area contributed by atoms with Crippen molar-refractivity contribution in [3.63, 3.8) is 0 Å². The Morgan fingerprint density at radius 3 is 2.58 bits per heavy atom. The van der Waals surface area contributed by atoms with Crippen molar-refractivity contribution in [1.82, 2.24) is 24.8 Å². The third-order valence-electron chi connectivity index (χ3n) is 3.83. The molecule has 0 aromatic carbocycles. The first kappa shape index (κ1) is 16.6. The summed E-state index contributed by atoms with van der Waals surface area (Å²) in [4.78, 5) is 6.03. The molecular formula is C14H15F3N6S. The van der Waals surface area contributed by atoms with Crippen molar-refractivity contribution in [2.45, 2.75) is 26.4 Å². The highest BCUT2D eigenvalue weighted by molar-refractivity contribution is 7.09. The van der Waals surface area contributed by atoms with E-state index in [-0.39, 0.29) is 5.65 Å². The lowest BCUT2D eigenvalue weighted by Crippen LogP contribution is -2.24. The smallest absolute Gasteiger partial charge is 0.358 e. The van der Waals surface area contributed by atoms with Gasteiger partial charge in [0, 0.05) is 42.7 Å². The summed E-state index contributed by atoms with van der Waals surface area (Å²) in [6, 6.07) is 0. The van der Waals surface area contributed by atoms with Gasteiger partial charge in [-0.2, -0.15) is 17.7 Å². The van der Waals surface area contributed by atoms with E-state index in [0.717, 1.165) is 15.1 Å². The molecule has 0 fully saturated rings. The monoisotopic (exact) mass is 356 g/mol. The van der Waals surface area contributed by atoms with E-state index in [1.807, 2.05) is 17.2 Å². The van der Waals surface area contributed by atoms with E-state index in [9.17, 15) is 13.2 Å². The van der Waals surface area contributed by atoms with Crippen LogP contribution in [-0.2, 0) is 12.6 Å². The molecular weight excluding hydrogens is 341 g/mol. The maximum atomic E-state index is 13.1. The molecule has 0 amide bonds. The molecule has 0 aliphatic rings. The van der Waals surface area contributed by atoms with Crippen molar-refractivity contribution in [3.05, 3.63) is 33.5 Å². The summed E-state index contributed by atoms with van der Waals surface area (Å²) in [7, 11) is 1.80. The third kappa shape index (κ3) is 2.93. The number of rotatable bonds is 4. The second-order valence-corrected chi connectivity index (χ2v) is 6.41. The van der Waals surface area contributed by atoms with Crippen LogP contribution >= 0.6 is 11.3 Å². The Kier molecular flexibility index (Phi) is 4.16. The van der Waals surface area contributed by atoms with E-state index < -0.39 is 12.0 Å². The first-order chi connectivity index (χ1) is 11.3. The summed E-state index contributed by atoms with van der Waals surface area (Å²) in [6.07, 6.45) is -2.18. The van der Waals surface area contributed by atoms with Gasteiger partial charge in [0.2, 0.25) is 0 Å². The number of alkyl halides is 3. The number of aromatic nitrogens is 5. The molecule has 3 rings (SSSR count). The minimum absolute atomic E-state index is 0.122.